The van der Waals surface area contributed by atoms with E-state index in [1.807, 2.05) is 24.3 Å². The van der Waals surface area contributed by atoms with Crippen molar-refractivity contribution in [1.29, 1.82) is 0 Å². The number of pyridine rings is 1. The molecule has 0 saturated heterocycles. The summed E-state index contributed by atoms with van der Waals surface area (Å²) >= 11 is 0. The summed E-state index contributed by atoms with van der Waals surface area (Å²) in [6.07, 6.45) is 0.0982. The van der Waals surface area contributed by atoms with E-state index in [1.54, 1.807) is 24.9 Å². The molecule has 0 aliphatic carbocycles. The zero-order chi connectivity index (χ0) is 24.4. The van der Waals surface area contributed by atoms with Crippen molar-refractivity contribution in [3.8, 4) is 28.7 Å². The average Bonchev–Trinajstić information content (AvgIpc) is 3.59. The fraction of sp³-hybridized carbons (Fsp3) is 0.227. The van der Waals surface area contributed by atoms with Gasteiger partial charge in [0, 0.05) is 30.4 Å². The van der Waals surface area contributed by atoms with Crippen molar-refractivity contribution in [2.45, 2.75) is 26.5 Å². The Labute approximate surface area is 197 Å². The van der Waals surface area contributed by atoms with E-state index >= 15 is 0 Å². The van der Waals surface area contributed by atoms with E-state index < -0.39 is 6.43 Å². The molecular weight excluding hydrogens is 460 g/mol. The molecule has 0 fully saturated rings. The lowest BCUT2D eigenvalue weighted by Crippen LogP contribution is -2.05. The van der Waals surface area contributed by atoms with Gasteiger partial charge in [-0.1, -0.05) is 29.4 Å². The van der Waals surface area contributed by atoms with Gasteiger partial charge in [-0.25, -0.2) is 13.8 Å². The minimum atomic E-state index is -2.59. The van der Waals surface area contributed by atoms with Crippen LogP contribution < -0.4 is 4.74 Å². The lowest BCUT2D eigenvalue weighted by atomic mass is 10.1. The maximum atomic E-state index is 12.7. The molecule has 0 atom stereocenters. The van der Waals surface area contributed by atoms with E-state index in [1.165, 1.54) is 16.9 Å². The number of rotatable bonds is 8. The summed E-state index contributed by atoms with van der Waals surface area (Å²) in [5, 5.41) is 20.3. The highest BCUT2D eigenvalue weighted by atomic mass is 19.3. The van der Waals surface area contributed by atoms with Gasteiger partial charge in [-0.3, -0.25) is 4.68 Å². The largest absolute Gasteiger partial charge is 0.471 e. The first kappa shape index (κ1) is 22.3. The first-order valence-electron chi connectivity index (χ1n) is 10.5. The van der Waals surface area contributed by atoms with Crippen molar-refractivity contribution in [3.63, 3.8) is 0 Å². The van der Waals surface area contributed by atoms with Crippen LogP contribution in [0.25, 0.3) is 22.8 Å². The Morgan fingerprint density at radius 2 is 1.91 bits per heavy atom. The van der Waals surface area contributed by atoms with Crippen LogP contribution in [0.3, 0.4) is 0 Å². The third-order valence-electron chi connectivity index (χ3n) is 5.17. The Morgan fingerprint density at radius 1 is 1.09 bits per heavy atom. The quantitative estimate of drug-likeness (QED) is 0.329. The highest BCUT2D eigenvalue weighted by Gasteiger charge is 2.19. The number of aromatic nitrogens is 9. The Hall–Kier alpha value is -4.55. The highest BCUT2D eigenvalue weighted by Crippen LogP contribution is 2.26. The summed E-state index contributed by atoms with van der Waals surface area (Å²) in [6, 6.07) is 10.3. The van der Waals surface area contributed by atoms with E-state index in [-0.39, 0.29) is 23.9 Å². The lowest BCUT2D eigenvalue weighted by molar-refractivity contribution is 0.150. The molecule has 0 unspecified atom stereocenters. The van der Waals surface area contributed by atoms with Crippen LogP contribution in [0.15, 0.2) is 53.3 Å². The maximum Gasteiger partial charge on any atom is 0.265 e. The topological polar surface area (TPSA) is 122 Å². The first-order chi connectivity index (χ1) is 17.0. The summed E-state index contributed by atoms with van der Waals surface area (Å²) in [5.74, 6) is 1.52. The Balaban J connectivity index is 1.29. The molecule has 11 nitrogen and oxygen atoms in total. The lowest BCUT2D eigenvalue weighted by Gasteiger charge is -2.07. The normalized spacial score (nSPS) is 11.3. The third-order valence-corrected chi connectivity index (χ3v) is 5.17. The molecule has 0 amide bonds. The van der Waals surface area contributed by atoms with E-state index in [9.17, 15) is 8.78 Å². The first-order valence-corrected chi connectivity index (χ1v) is 10.5. The van der Waals surface area contributed by atoms with Gasteiger partial charge in [0.1, 0.15) is 6.61 Å². The van der Waals surface area contributed by atoms with Gasteiger partial charge in [-0.15, -0.1) is 10.2 Å². The average molecular weight is 479 g/mol. The van der Waals surface area contributed by atoms with Crippen molar-refractivity contribution in [2.75, 3.05) is 0 Å². The summed E-state index contributed by atoms with van der Waals surface area (Å²) in [7, 11) is 1.75. The Morgan fingerprint density at radius 3 is 2.60 bits per heavy atom. The number of tetrazole rings is 1. The SMILES string of the molecule is Cc1nnn(Cc2ccc(-c3noc(-c4cnn(C)c4COc4ccc(C(F)F)cn4)n3)cc2)n1. The van der Waals surface area contributed by atoms with E-state index in [0.717, 1.165) is 17.3 Å². The van der Waals surface area contributed by atoms with E-state index in [0.29, 0.717) is 29.5 Å². The van der Waals surface area contributed by atoms with Crippen molar-refractivity contribution in [2.24, 2.45) is 7.05 Å². The van der Waals surface area contributed by atoms with Crippen LogP contribution in [0.4, 0.5) is 8.78 Å². The monoisotopic (exact) mass is 479 g/mol. The van der Waals surface area contributed by atoms with Crippen LogP contribution in [0.5, 0.6) is 5.88 Å². The molecule has 0 N–H and O–H groups in total. The third kappa shape index (κ3) is 4.88. The number of aryl methyl sites for hydroxylation is 2. The number of hydrogen-bond acceptors (Lipinski definition) is 9. The standard InChI is InChI=1S/C22H19F2N9O2/c1-13-28-31-33(29-13)11-14-3-5-15(6-4-14)21-27-22(35-30-21)17-10-26-32(2)18(17)12-34-19-8-7-16(9-25-19)20(23)24/h3-10,20H,11-12H2,1-2H3. The van der Waals surface area contributed by atoms with Crippen LogP contribution in [-0.2, 0) is 20.2 Å². The van der Waals surface area contributed by atoms with Crippen molar-refractivity contribution >= 4 is 0 Å². The fourth-order valence-electron chi connectivity index (χ4n) is 3.32. The molecular formula is C22H19F2N9O2. The van der Waals surface area contributed by atoms with Gasteiger partial charge < -0.3 is 9.26 Å². The molecule has 178 valence electrons. The van der Waals surface area contributed by atoms with Crippen LogP contribution in [0.1, 0.15) is 29.1 Å². The number of halogens is 2. The Bertz CT molecular complexity index is 1430. The van der Waals surface area contributed by atoms with Gasteiger partial charge in [-0.05, 0) is 23.8 Å². The maximum absolute atomic E-state index is 12.7. The molecule has 0 aliphatic heterocycles. The van der Waals surface area contributed by atoms with Crippen LogP contribution in [0, 0.1) is 6.92 Å². The zero-order valence-corrected chi connectivity index (χ0v) is 18.7. The molecule has 1 aromatic carbocycles. The van der Waals surface area contributed by atoms with Crippen LogP contribution in [-0.4, -0.2) is 45.1 Å². The van der Waals surface area contributed by atoms with Crippen LogP contribution >= 0.6 is 0 Å². The molecule has 4 aromatic heterocycles. The van der Waals surface area contributed by atoms with Crippen molar-refractivity contribution < 1.29 is 18.0 Å². The van der Waals surface area contributed by atoms with Crippen molar-refractivity contribution in [3.05, 3.63) is 71.4 Å². The molecule has 0 spiro atoms. The second-order valence-corrected chi connectivity index (χ2v) is 7.63. The summed E-state index contributed by atoms with van der Waals surface area (Å²) in [6.45, 7) is 2.36. The smallest absolute Gasteiger partial charge is 0.265 e. The van der Waals surface area contributed by atoms with E-state index in [2.05, 4.69) is 35.6 Å². The van der Waals surface area contributed by atoms with Crippen molar-refractivity contribution in [1.82, 2.24) is 45.1 Å². The predicted octanol–water partition coefficient (Wildman–Crippen LogP) is 3.39. The fourth-order valence-corrected chi connectivity index (χ4v) is 3.32. The summed E-state index contributed by atoms with van der Waals surface area (Å²) < 4.78 is 38.2. The number of nitrogens with zero attached hydrogens (tertiary/aromatic N) is 9. The molecule has 0 aliphatic rings. The van der Waals surface area contributed by atoms with Gasteiger partial charge >= 0.3 is 0 Å². The minimum Gasteiger partial charge on any atom is -0.471 e. The molecule has 0 saturated carbocycles. The number of hydrogen-bond donors (Lipinski definition) is 0. The van der Waals surface area contributed by atoms with Gasteiger partial charge in [0.25, 0.3) is 12.3 Å². The van der Waals surface area contributed by atoms with E-state index in [4.69, 9.17) is 9.26 Å². The number of ether oxygens (including phenoxy) is 1. The molecule has 13 heteroatoms. The summed E-state index contributed by atoms with van der Waals surface area (Å²) in [4.78, 5) is 9.94. The molecule has 5 aromatic rings. The molecule has 5 rings (SSSR count). The number of alkyl halides is 2. The van der Waals surface area contributed by atoms with Gasteiger partial charge in [0.2, 0.25) is 11.7 Å². The molecule has 0 bridgehead atoms. The van der Waals surface area contributed by atoms with Gasteiger partial charge in [-0.2, -0.15) is 14.9 Å². The highest BCUT2D eigenvalue weighted by molar-refractivity contribution is 5.61. The second-order valence-electron chi connectivity index (χ2n) is 7.63. The zero-order valence-electron chi connectivity index (χ0n) is 18.7. The van der Waals surface area contributed by atoms with Crippen LogP contribution in [0.2, 0.25) is 0 Å². The van der Waals surface area contributed by atoms with Gasteiger partial charge in [0.15, 0.2) is 5.82 Å². The second kappa shape index (κ2) is 9.37. The molecule has 35 heavy (non-hydrogen) atoms. The molecule has 4 heterocycles. The molecule has 0 radical (unpaired) electrons. The summed E-state index contributed by atoms with van der Waals surface area (Å²) in [5.41, 5.74) is 2.86. The minimum absolute atomic E-state index is 0.0784. The Kier molecular flexibility index (Phi) is 5.95. The van der Waals surface area contributed by atoms with Gasteiger partial charge in [0.05, 0.1) is 24.0 Å². The predicted molar refractivity (Wildman–Crippen MR) is 117 cm³/mol. The number of benzene rings is 1.